The number of benzene rings is 1. The van der Waals surface area contributed by atoms with Gasteiger partial charge in [-0.3, -0.25) is 5.10 Å². The largest absolute Gasteiger partial charge is 0.371 e. The predicted octanol–water partition coefficient (Wildman–Crippen LogP) is 3.03. The molecule has 3 aromatic rings. The summed E-state index contributed by atoms with van der Waals surface area (Å²) < 4.78 is 11.7. The molecule has 4 heterocycles. The van der Waals surface area contributed by atoms with E-state index in [1.54, 1.807) is 0 Å². The maximum atomic E-state index is 5.86. The Morgan fingerprint density at radius 3 is 2.47 bits per heavy atom. The number of anilines is 3. The fourth-order valence-electron chi connectivity index (χ4n) is 3.75. The van der Waals surface area contributed by atoms with Gasteiger partial charge in [0.2, 0.25) is 0 Å². The summed E-state index contributed by atoms with van der Waals surface area (Å²) >= 11 is 0. The molecule has 0 spiro atoms. The third-order valence-corrected chi connectivity index (χ3v) is 5.20. The summed E-state index contributed by atoms with van der Waals surface area (Å²) in [6, 6.07) is 14.0. The molecule has 0 bridgehead atoms. The minimum Gasteiger partial charge on any atom is -0.371 e. The number of nitrogens with one attached hydrogen (secondary N) is 2. The second-order valence-electron chi connectivity index (χ2n) is 7.50. The maximum Gasteiger partial charge on any atom is 0.156 e. The van der Waals surface area contributed by atoms with Gasteiger partial charge in [0.05, 0.1) is 13.2 Å². The molecule has 154 valence electrons. The number of fused-ring (bicyclic) bond motifs is 1. The van der Waals surface area contributed by atoms with E-state index >= 15 is 0 Å². The molecule has 2 aliphatic rings. The first-order valence-corrected chi connectivity index (χ1v) is 10.1. The van der Waals surface area contributed by atoms with Crippen molar-refractivity contribution in [3.05, 3.63) is 59.5 Å². The minimum absolute atomic E-state index is 0.0856. The van der Waals surface area contributed by atoms with Crippen molar-refractivity contribution in [3.63, 3.8) is 0 Å². The first kappa shape index (κ1) is 18.8. The predicted molar refractivity (Wildman–Crippen MR) is 116 cm³/mol. The van der Waals surface area contributed by atoms with Gasteiger partial charge in [-0.15, -0.1) is 0 Å². The Labute approximate surface area is 175 Å². The third-order valence-electron chi connectivity index (χ3n) is 5.20. The number of aryl methyl sites for hydroxylation is 1. The van der Waals surface area contributed by atoms with Crippen molar-refractivity contribution in [2.75, 3.05) is 36.5 Å². The lowest BCUT2D eigenvalue weighted by molar-refractivity contribution is -0.116. The highest BCUT2D eigenvalue weighted by Gasteiger charge is 2.37. The van der Waals surface area contributed by atoms with E-state index in [0.29, 0.717) is 24.9 Å². The van der Waals surface area contributed by atoms with Crippen molar-refractivity contribution in [2.45, 2.75) is 19.1 Å². The number of hydrogen-bond acceptors (Lipinski definition) is 7. The molecule has 8 nitrogen and oxygen atoms in total. The van der Waals surface area contributed by atoms with Crippen LogP contribution < -0.4 is 10.2 Å². The molecule has 30 heavy (non-hydrogen) atoms. The number of rotatable bonds is 5. The molecule has 2 fully saturated rings. The van der Waals surface area contributed by atoms with Gasteiger partial charge in [-0.25, -0.2) is 9.97 Å². The topological polar surface area (TPSA) is 88.2 Å². The number of aromatic nitrogens is 4. The van der Waals surface area contributed by atoms with Crippen LogP contribution in [0, 0.1) is 6.92 Å². The SMILES string of the molecule is Cc1cc(Nc2cc(N3C[C@@H]4OCCO[C@H]4C3)nc(/C=C/c3ccccc3)n2)n[nH]1. The first-order valence-electron chi connectivity index (χ1n) is 10.1. The number of ether oxygens (including phenoxy) is 2. The fraction of sp³-hybridized carbons (Fsp3) is 0.318. The Kier molecular flexibility index (Phi) is 5.17. The van der Waals surface area contributed by atoms with Crippen molar-refractivity contribution in [3.8, 4) is 0 Å². The highest BCUT2D eigenvalue weighted by atomic mass is 16.6. The van der Waals surface area contributed by atoms with E-state index in [9.17, 15) is 0 Å². The van der Waals surface area contributed by atoms with Crippen LogP contribution in [-0.2, 0) is 9.47 Å². The summed E-state index contributed by atoms with van der Waals surface area (Å²) in [5.74, 6) is 2.88. The molecule has 0 unspecified atom stereocenters. The second-order valence-corrected chi connectivity index (χ2v) is 7.50. The van der Waals surface area contributed by atoms with E-state index < -0.39 is 0 Å². The van der Waals surface area contributed by atoms with E-state index in [-0.39, 0.29) is 12.2 Å². The molecule has 0 radical (unpaired) electrons. The second kappa shape index (κ2) is 8.25. The summed E-state index contributed by atoms with van der Waals surface area (Å²) in [4.78, 5) is 11.6. The Balaban J connectivity index is 1.44. The first-order chi connectivity index (χ1) is 14.7. The Morgan fingerprint density at radius 1 is 1.00 bits per heavy atom. The van der Waals surface area contributed by atoms with Gasteiger partial charge in [-0.1, -0.05) is 36.4 Å². The lowest BCUT2D eigenvalue weighted by Gasteiger charge is -2.24. The van der Waals surface area contributed by atoms with E-state index in [4.69, 9.17) is 14.5 Å². The monoisotopic (exact) mass is 404 g/mol. The van der Waals surface area contributed by atoms with E-state index in [0.717, 1.165) is 36.0 Å². The van der Waals surface area contributed by atoms with E-state index in [1.807, 2.05) is 61.5 Å². The van der Waals surface area contributed by atoms with Crippen LogP contribution in [0.3, 0.4) is 0 Å². The third kappa shape index (κ3) is 4.19. The van der Waals surface area contributed by atoms with E-state index in [2.05, 4.69) is 25.4 Å². The van der Waals surface area contributed by atoms with Crippen LogP contribution in [0.4, 0.5) is 17.5 Å². The number of hydrogen-bond donors (Lipinski definition) is 2. The van der Waals surface area contributed by atoms with Gasteiger partial charge >= 0.3 is 0 Å². The zero-order chi connectivity index (χ0) is 20.3. The van der Waals surface area contributed by atoms with Crippen LogP contribution in [-0.4, -0.2) is 58.7 Å². The minimum atomic E-state index is 0.0856. The molecule has 1 aromatic carbocycles. The Hall–Kier alpha value is -3.23. The molecule has 2 saturated heterocycles. The Morgan fingerprint density at radius 2 is 1.77 bits per heavy atom. The number of aromatic amines is 1. The molecule has 2 aliphatic heterocycles. The van der Waals surface area contributed by atoms with Crippen molar-refractivity contribution >= 4 is 29.6 Å². The van der Waals surface area contributed by atoms with Gasteiger partial charge in [0, 0.05) is 30.9 Å². The van der Waals surface area contributed by atoms with Crippen molar-refractivity contribution in [2.24, 2.45) is 0 Å². The number of H-pyrrole nitrogens is 1. The summed E-state index contributed by atoms with van der Waals surface area (Å²) in [5.41, 5.74) is 2.08. The van der Waals surface area contributed by atoms with Crippen LogP contribution in [0.2, 0.25) is 0 Å². The molecule has 2 N–H and O–H groups in total. The lowest BCUT2D eigenvalue weighted by Crippen LogP contribution is -2.36. The summed E-state index contributed by atoms with van der Waals surface area (Å²) in [5, 5.41) is 10.5. The lowest BCUT2D eigenvalue weighted by atomic mass is 10.2. The van der Waals surface area contributed by atoms with Gasteiger partial charge < -0.3 is 19.7 Å². The molecule has 0 aliphatic carbocycles. The number of nitrogens with zero attached hydrogens (tertiary/aromatic N) is 4. The summed E-state index contributed by atoms with van der Waals surface area (Å²) in [6.45, 7) is 4.77. The summed E-state index contributed by atoms with van der Waals surface area (Å²) in [6.07, 6.45) is 4.11. The molecular formula is C22H24N6O2. The van der Waals surface area contributed by atoms with Crippen LogP contribution in [0.1, 0.15) is 17.1 Å². The molecular weight excluding hydrogens is 380 g/mol. The van der Waals surface area contributed by atoms with Gasteiger partial charge in [0.25, 0.3) is 0 Å². The quantitative estimate of drug-likeness (QED) is 0.676. The zero-order valence-electron chi connectivity index (χ0n) is 16.8. The fourth-order valence-corrected chi connectivity index (χ4v) is 3.75. The summed E-state index contributed by atoms with van der Waals surface area (Å²) in [7, 11) is 0. The average molecular weight is 404 g/mol. The van der Waals surface area contributed by atoms with Crippen LogP contribution in [0.15, 0.2) is 42.5 Å². The molecule has 0 saturated carbocycles. The molecule has 2 atom stereocenters. The zero-order valence-corrected chi connectivity index (χ0v) is 16.8. The molecule has 2 aromatic heterocycles. The van der Waals surface area contributed by atoms with Gasteiger partial charge in [0.1, 0.15) is 23.8 Å². The smallest absolute Gasteiger partial charge is 0.156 e. The Bertz CT molecular complexity index is 1020. The average Bonchev–Trinajstić information content (AvgIpc) is 3.39. The normalized spacial score (nSPS) is 21.2. The maximum absolute atomic E-state index is 5.86. The standard InChI is InChI=1S/C22H24N6O2/c1-15-11-21(27-26-15)24-20-12-22(28-13-17-18(14-28)30-10-9-29-17)25-19(23-20)8-7-16-5-3-2-4-6-16/h2-8,11-12,17-18H,9-10,13-14H2,1H3,(H2,23,24,25,26,27)/b8-7+/t17-,18-/m0/s1. The van der Waals surface area contributed by atoms with Gasteiger partial charge in [-0.2, -0.15) is 5.10 Å². The molecule has 8 heteroatoms. The van der Waals surface area contributed by atoms with Crippen LogP contribution in [0.5, 0.6) is 0 Å². The van der Waals surface area contributed by atoms with Crippen molar-refractivity contribution in [1.29, 1.82) is 0 Å². The highest BCUT2D eigenvalue weighted by Crippen LogP contribution is 2.27. The van der Waals surface area contributed by atoms with Crippen LogP contribution >= 0.6 is 0 Å². The van der Waals surface area contributed by atoms with Crippen LogP contribution in [0.25, 0.3) is 12.2 Å². The van der Waals surface area contributed by atoms with E-state index in [1.165, 1.54) is 0 Å². The van der Waals surface area contributed by atoms with Crippen molar-refractivity contribution in [1.82, 2.24) is 20.2 Å². The molecule has 5 rings (SSSR count). The van der Waals surface area contributed by atoms with Crippen molar-refractivity contribution < 1.29 is 9.47 Å². The van der Waals surface area contributed by atoms with Gasteiger partial charge in [-0.05, 0) is 18.6 Å². The highest BCUT2D eigenvalue weighted by molar-refractivity contribution is 5.69. The van der Waals surface area contributed by atoms with Gasteiger partial charge in [0.15, 0.2) is 11.6 Å². The molecule has 0 amide bonds.